The van der Waals surface area contributed by atoms with Gasteiger partial charge in [-0.15, -0.1) is 12.4 Å². The molecule has 98 valence electrons. The van der Waals surface area contributed by atoms with Gasteiger partial charge >= 0.3 is 5.69 Å². The molecule has 3 heterocycles. The van der Waals surface area contributed by atoms with E-state index in [0.29, 0.717) is 5.92 Å². The summed E-state index contributed by atoms with van der Waals surface area (Å²) in [5, 5.41) is 3.37. The van der Waals surface area contributed by atoms with Gasteiger partial charge in [0.25, 0.3) is 0 Å². The summed E-state index contributed by atoms with van der Waals surface area (Å²) in [5.41, 5.74) is 1.54. The molecule has 0 radical (unpaired) electrons. The van der Waals surface area contributed by atoms with Gasteiger partial charge in [-0.25, -0.2) is 9.78 Å². The summed E-state index contributed by atoms with van der Waals surface area (Å²) in [6.07, 6.45) is 4.10. The second-order valence-electron chi connectivity index (χ2n) is 4.63. The first kappa shape index (κ1) is 13.1. The van der Waals surface area contributed by atoms with Crippen LogP contribution in [-0.2, 0) is 6.54 Å². The fourth-order valence-corrected chi connectivity index (χ4v) is 2.50. The maximum atomic E-state index is 11.9. The van der Waals surface area contributed by atoms with E-state index in [-0.39, 0.29) is 18.1 Å². The molecule has 0 amide bonds. The number of fused-ring (bicyclic) bond motifs is 1. The molecule has 1 atom stereocenters. The van der Waals surface area contributed by atoms with E-state index in [1.54, 1.807) is 10.8 Å². The summed E-state index contributed by atoms with van der Waals surface area (Å²) in [7, 11) is 0. The molecule has 0 aliphatic carbocycles. The van der Waals surface area contributed by atoms with Crippen LogP contribution in [0.25, 0.3) is 11.2 Å². The highest BCUT2D eigenvalue weighted by atomic mass is 35.5. The van der Waals surface area contributed by atoms with E-state index in [2.05, 4.69) is 15.3 Å². The Labute approximate surface area is 111 Å². The van der Waals surface area contributed by atoms with Crippen molar-refractivity contribution in [1.29, 1.82) is 0 Å². The second kappa shape index (κ2) is 5.54. The van der Waals surface area contributed by atoms with E-state index in [4.69, 9.17) is 0 Å². The Morgan fingerprint density at radius 1 is 1.50 bits per heavy atom. The molecule has 0 bridgehead atoms. The van der Waals surface area contributed by atoms with Crippen molar-refractivity contribution in [3.8, 4) is 0 Å². The van der Waals surface area contributed by atoms with E-state index < -0.39 is 0 Å². The molecule has 0 spiro atoms. The van der Waals surface area contributed by atoms with Gasteiger partial charge in [0.15, 0.2) is 5.65 Å². The number of nitrogens with one attached hydrogen (secondary N) is 2. The average molecular weight is 269 g/mol. The zero-order valence-corrected chi connectivity index (χ0v) is 10.9. The third kappa shape index (κ3) is 2.42. The Bertz CT molecular complexity index is 571. The highest BCUT2D eigenvalue weighted by Crippen LogP contribution is 2.14. The Balaban J connectivity index is 0.00000120. The molecule has 5 nitrogen and oxygen atoms in total. The van der Waals surface area contributed by atoms with Crippen LogP contribution in [-0.4, -0.2) is 27.6 Å². The van der Waals surface area contributed by atoms with Gasteiger partial charge in [0.1, 0.15) is 0 Å². The monoisotopic (exact) mass is 268 g/mol. The smallest absolute Gasteiger partial charge is 0.316 e. The molecule has 1 unspecified atom stereocenters. The summed E-state index contributed by atoms with van der Waals surface area (Å²) in [6, 6.07) is 3.73. The molecule has 1 saturated heterocycles. The van der Waals surface area contributed by atoms with Crippen LogP contribution in [0.2, 0.25) is 0 Å². The largest absolute Gasteiger partial charge is 0.327 e. The van der Waals surface area contributed by atoms with Crippen LogP contribution in [0.15, 0.2) is 23.1 Å². The molecule has 0 aromatic carbocycles. The second-order valence-corrected chi connectivity index (χ2v) is 4.63. The fraction of sp³-hybridized carbons (Fsp3) is 0.500. The summed E-state index contributed by atoms with van der Waals surface area (Å²) >= 11 is 0. The lowest BCUT2D eigenvalue weighted by atomic mass is 10.00. The van der Waals surface area contributed by atoms with Crippen LogP contribution in [0.5, 0.6) is 0 Å². The van der Waals surface area contributed by atoms with E-state index in [1.165, 1.54) is 12.8 Å². The predicted molar refractivity (Wildman–Crippen MR) is 73.2 cm³/mol. The van der Waals surface area contributed by atoms with Crippen molar-refractivity contribution < 1.29 is 0 Å². The number of aromatic nitrogens is 3. The standard InChI is InChI=1S/C12H16N4O.ClH/c17-12-15-10-4-2-6-14-11(10)16(12)8-9-3-1-5-13-7-9;/h2,4,6,9,13H,1,3,5,7-8H2,(H,15,17);1H. The van der Waals surface area contributed by atoms with Crippen LogP contribution in [0.3, 0.4) is 0 Å². The summed E-state index contributed by atoms with van der Waals surface area (Å²) < 4.78 is 1.76. The average Bonchev–Trinajstić information content (AvgIpc) is 2.68. The molecule has 0 saturated carbocycles. The number of hydrogen-bond donors (Lipinski definition) is 2. The summed E-state index contributed by atoms with van der Waals surface area (Å²) in [6.45, 7) is 2.84. The minimum atomic E-state index is -0.0516. The third-order valence-corrected chi connectivity index (χ3v) is 3.37. The van der Waals surface area contributed by atoms with Crippen molar-refractivity contribution in [2.24, 2.45) is 5.92 Å². The number of halogens is 1. The van der Waals surface area contributed by atoms with E-state index >= 15 is 0 Å². The first-order valence-corrected chi connectivity index (χ1v) is 6.09. The highest BCUT2D eigenvalue weighted by molar-refractivity contribution is 5.85. The molecule has 6 heteroatoms. The number of piperidine rings is 1. The third-order valence-electron chi connectivity index (χ3n) is 3.37. The van der Waals surface area contributed by atoms with Gasteiger partial charge in [-0.3, -0.25) is 4.57 Å². The highest BCUT2D eigenvalue weighted by Gasteiger charge is 2.16. The molecular formula is C12H17ClN4O. The van der Waals surface area contributed by atoms with Crippen LogP contribution >= 0.6 is 12.4 Å². The predicted octanol–water partition coefficient (Wildman–Crippen LogP) is 1.15. The number of imidazole rings is 1. The van der Waals surface area contributed by atoms with Gasteiger partial charge in [-0.2, -0.15) is 0 Å². The fourth-order valence-electron chi connectivity index (χ4n) is 2.50. The summed E-state index contributed by atoms with van der Waals surface area (Å²) in [4.78, 5) is 19.0. The van der Waals surface area contributed by atoms with Crippen LogP contribution in [0, 0.1) is 5.92 Å². The number of hydrogen-bond acceptors (Lipinski definition) is 3. The number of pyridine rings is 1. The van der Waals surface area contributed by atoms with E-state index in [0.717, 1.165) is 30.8 Å². The maximum Gasteiger partial charge on any atom is 0.327 e. The topological polar surface area (TPSA) is 62.7 Å². The van der Waals surface area contributed by atoms with Gasteiger partial charge in [-0.05, 0) is 44.0 Å². The van der Waals surface area contributed by atoms with Crippen LogP contribution < -0.4 is 11.0 Å². The lowest BCUT2D eigenvalue weighted by Crippen LogP contribution is -2.34. The molecule has 3 rings (SSSR count). The van der Waals surface area contributed by atoms with Crippen molar-refractivity contribution in [3.63, 3.8) is 0 Å². The molecule has 2 aromatic heterocycles. The lowest BCUT2D eigenvalue weighted by molar-refractivity contribution is 0.337. The van der Waals surface area contributed by atoms with Gasteiger partial charge in [-0.1, -0.05) is 0 Å². The number of H-pyrrole nitrogens is 1. The van der Waals surface area contributed by atoms with Crippen LogP contribution in [0.4, 0.5) is 0 Å². The minimum Gasteiger partial charge on any atom is -0.316 e. The van der Waals surface area contributed by atoms with E-state index in [9.17, 15) is 4.79 Å². The van der Waals surface area contributed by atoms with Crippen LogP contribution in [0.1, 0.15) is 12.8 Å². The van der Waals surface area contributed by atoms with Crippen molar-refractivity contribution >= 4 is 23.6 Å². The quantitative estimate of drug-likeness (QED) is 0.859. The molecule has 2 N–H and O–H groups in total. The number of aromatic amines is 1. The number of nitrogens with zero attached hydrogens (tertiary/aromatic N) is 2. The van der Waals surface area contributed by atoms with Crippen molar-refractivity contribution in [3.05, 3.63) is 28.8 Å². The molecular weight excluding hydrogens is 252 g/mol. The number of rotatable bonds is 2. The Hall–Kier alpha value is -1.33. The van der Waals surface area contributed by atoms with E-state index in [1.807, 2.05) is 12.1 Å². The Kier molecular flexibility index (Phi) is 4.04. The SMILES string of the molecule is Cl.O=c1[nH]c2cccnc2n1CC1CCCNC1. The minimum absolute atomic E-state index is 0. The van der Waals surface area contributed by atoms with Crippen molar-refractivity contribution in [1.82, 2.24) is 19.9 Å². The molecule has 1 aliphatic rings. The lowest BCUT2D eigenvalue weighted by Gasteiger charge is -2.22. The van der Waals surface area contributed by atoms with Gasteiger partial charge in [0, 0.05) is 12.7 Å². The normalized spacial score (nSPS) is 19.7. The van der Waals surface area contributed by atoms with Crippen molar-refractivity contribution in [2.75, 3.05) is 13.1 Å². The summed E-state index contributed by atoms with van der Waals surface area (Å²) in [5.74, 6) is 0.530. The molecule has 18 heavy (non-hydrogen) atoms. The molecule has 1 fully saturated rings. The molecule has 1 aliphatic heterocycles. The first-order valence-electron chi connectivity index (χ1n) is 6.09. The zero-order chi connectivity index (χ0) is 11.7. The van der Waals surface area contributed by atoms with Crippen molar-refractivity contribution in [2.45, 2.75) is 19.4 Å². The van der Waals surface area contributed by atoms with Gasteiger partial charge in [0.05, 0.1) is 5.52 Å². The maximum absolute atomic E-state index is 11.9. The van der Waals surface area contributed by atoms with Gasteiger partial charge in [0.2, 0.25) is 0 Å². The zero-order valence-electron chi connectivity index (χ0n) is 10.1. The Morgan fingerprint density at radius 2 is 2.39 bits per heavy atom. The first-order chi connectivity index (χ1) is 8.34. The molecule has 2 aromatic rings. The Morgan fingerprint density at radius 3 is 3.17 bits per heavy atom. The van der Waals surface area contributed by atoms with Gasteiger partial charge < -0.3 is 10.3 Å².